The van der Waals surface area contributed by atoms with Crippen LogP contribution in [0.3, 0.4) is 0 Å². The summed E-state index contributed by atoms with van der Waals surface area (Å²) in [5.41, 5.74) is 6.46. The fraction of sp³-hybridized carbons (Fsp3) is 0. The predicted molar refractivity (Wildman–Crippen MR) is 192 cm³/mol. The Hall–Kier alpha value is -5.91. The van der Waals surface area contributed by atoms with E-state index < -0.39 is 0 Å². The van der Waals surface area contributed by atoms with Gasteiger partial charge in [-0.3, -0.25) is 4.90 Å². The second kappa shape index (κ2) is 9.80. The number of anilines is 3. The van der Waals surface area contributed by atoms with E-state index in [1.165, 1.54) is 47.3 Å². The minimum atomic E-state index is 0.598. The van der Waals surface area contributed by atoms with E-state index in [9.17, 15) is 0 Å². The van der Waals surface area contributed by atoms with Crippen LogP contribution in [-0.2, 0) is 0 Å². The SMILES string of the molecule is c1ccc(-c2nc(-c3cccc4c3sc3ccccc34)nc(N3c4cc5ccccc5cc4-c4cccc5cccc3c45)n2)cc1. The maximum atomic E-state index is 5.32. The molecule has 0 amide bonds. The first-order chi connectivity index (χ1) is 22.8. The van der Waals surface area contributed by atoms with Gasteiger partial charge in [-0.15, -0.1) is 11.3 Å². The topological polar surface area (TPSA) is 41.9 Å². The zero-order chi connectivity index (χ0) is 30.2. The van der Waals surface area contributed by atoms with Crippen LogP contribution in [0.25, 0.3) is 75.6 Å². The zero-order valence-electron chi connectivity index (χ0n) is 24.6. The van der Waals surface area contributed by atoms with Crippen molar-refractivity contribution in [2.45, 2.75) is 0 Å². The lowest BCUT2D eigenvalue weighted by atomic mass is 9.90. The van der Waals surface area contributed by atoms with Crippen LogP contribution in [0.15, 0.2) is 146 Å². The summed E-state index contributed by atoms with van der Waals surface area (Å²) in [5.74, 6) is 1.90. The van der Waals surface area contributed by atoms with Crippen molar-refractivity contribution in [2.24, 2.45) is 0 Å². The molecule has 0 spiro atoms. The van der Waals surface area contributed by atoms with Gasteiger partial charge in [0.2, 0.25) is 5.95 Å². The molecule has 0 radical (unpaired) electrons. The van der Waals surface area contributed by atoms with Gasteiger partial charge in [0.15, 0.2) is 11.6 Å². The molecule has 0 saturated carbocycles. The lowest BCUT2D eigenvalue weighted by Gasteiger charge is -2.32. The first-order valence-corrected chi connectivity index (χ1v) is 16.2. The van der Waals surface area contributed by atoms with Gasteiger partial charge in [0.05, 0.1) is 11.4 Å². The quantitative estimate of drug-likeness (QED) is 0.201. The molecule has 7 aromatic carbocycles. The van der Waals surface area contributed by atoms with Crippen molar-refractivity contribution in [2.75, 3.05) is 4.90 Å². The molecule has 0 saturated heterocycles. The number of thiophene rings is 1. The fourth-order valence-corrected chi connectivity index (χ4v) is 8.14. The summed E-state index contributed by atoms with van der Waals surface area (Å²) >= 11 is 1.79. The Balaban J connectivity index is 1.30. The highest BCUT2D eigenvalue weighted by molar-refractivity contribution is 7.26. The number of benzene rings is 7. The van der Waals surface area contributed by atoms with Gasteiger partial charge in [-0.2, -0.15) is 9.97 Å². The first kappa shape index (κ1) is 25.4. The van der Waals surface area contributed by atoms with Crippen molar-refractivity contribution in [3.8, 4) is 33.9 Å². The second-order valence-corrected chi connectivity index (χ2v) is 12.7. The maximum Gasteiger partial charge on any atom is 0.238 e. The lowest BCUT2D eigenvalue weighted by molar-refractivity contribution is 1.03. The molecular formula is C41H24N4S. The Morgan fingerprint density at radius 3 is 2.02 bits per heavy atom. The fourth-order valence-electron chi connectivity index (χ4n) is 6.93. The summed E-state index contributed by atoms with van der Waals surface area (Å²) in [6.45, 7) is 0. The van der Waals surface area contributed by atoms with Crippen molar-refractivity contribution in [3.05, 3.63) is 146 Å². The van der Waals surface area contributed by atoms with Gasteiger partial charge in [-0.05, 0) is 52.1 Å². The second-order valence-electron chi connectivity index (χ2n) is 11.7. The Labute approximate surface area is 268 Å². The van der Waals surface area contributed by atoms with Crippen LogP contribution < -0.4 is 4.90 Å². The van der Waals surface area contributed by atoms with Crippen LogP contribution in [-0.4, -0.2) is 15.0 Å². The highest BCUT2D eigenvalue weighted by atomic mass is 32.1. The van der Waals surface area contributed by atoms with Crippen LogP contribution in [0, 0.1) is 0 Å². The molecule has 0 N–H and O–H groups in total. The Morgan fingerprint density at radius 1 is 0.457 bits per heavy atom. The van der Waals surface area contributed by atoms with E-state index in [0.29, 0.717) is 17.6 Å². The Kier molecular flexibility index (Phi) is 5.41. The number of hydrogen-bond donors (Lipinski definition) is 0. The van der Waals surface area contributed by atoms with Gasteiger partial charge in [-0.25, -0.2) is 4.98 Å². The molecule has 0 unspecified atom stereocenters. The molecule has 0 atom stereocenters. The number of nitrogens with zero attached hydrogens (tertiary/aromatic N) is 4. The van der Waals surface area contributed by atoms with Crippen LogP contribution >= 0.6 is 11.3 Å². The number of fused-ring (bicyclic) bond motifs is 6. The number of aromatic nitrogens is 3. The lowest BCUT2D eigenvalue weighted by Crippen LogP contribution is -2.18. The van der Waals surface area contributed by atoms with Crippen molar-refractivity contribution < 1.29 is 0 Å². The molecule has 1 aliphatic heterocycles. The zero-order valence-corrected chi connectivity index (χ0v) is 25.4. The monoisotopic (exact) mass is 604 g/mol. The van der Waals surface area contributed by atoms with Gasteiger partial charge in [0.25, 0.3) is 0 Å². The van der Waals surface area contributed by atoms with Crippen molar-refractivity contribution in [1.29, 1.82) is 0 Å². The number of rotatable bonds is 3. The van der Waals surface area contributed by atoms with E-state index in [4.69, 9.17) is 15.0 Å². The van der Waals surface area contributed by atoms with E-state index >= 15 is 0 Å². The van der Waals surface area contributed by atoms with Crippen molar-refractivity contribution in [1.82, 2.24) is 15.0 Å². The molecule has 2 aromatic heterocycles. The van der Waals surface area contributed by atoms with E-state index in [2.05, 4.69) is 132 Å². The summed E-state index contributed by atoms with van der Waals surface area (Å²) in [7, 11) is 0. The highest BCUT2D eigenvalue weighted by Gasteiger charge is 2.29. The molecule has 0 fully saturated rings. The van der Waals surface area contributed by atoms with Crippen LogP contribution in [0.1, 0.15) is 0 Å². The summed E-state index contributed by atoms with van der Waals surface area (Å²) < 4.78 is 2.43. The molecule has 214 valence electrons. The molecule has 0 bridgehead atoms. The molecule has 0 aliphatic carbocycles. The first-order valence-electron chi connectivity index (χ1n) is 15.4. The van der Waals surface area contributed by atoms with E-state index in [0.717, 1.165) is 28.1 Å². The van der Waals surface area contributed by atoms with Crippen molar-refractivity contribution >= 4 is 70.4 Å². The molecule has 10 rings (SSSR count). The van der Waals surface area contributed by atoms with E-state index in [1.54, 1.807) is 11.3 Å². The normalized spacial score (nSPS) is 12.3. The molecular weight excluding hydrogens is 581 g/mol. The van der Waals surface area contributed by atoms with Gasteiger partial charge >= 0.3 is 0 Å². The standard InChI is InChI=1S/C41H24N4S/c1-2-11-26(12-3-1)39-42-40(32-20-10-19-31-29-17-6-7-22-36(29)46-38(31)32)44-41(43-39)45-34-21-9-16-25-15-8-18-30(37(25)34)33-23-27-13-4-5-14-28(27)24-35(33)45/h1-24H. The average Bonchev–Trinajstić information content (AvgIpc) is 3.50. The molecule has 9 aromatic rings. The van der Waals surface area contributed by atoms with Gasteiger partial charge in [0, 0.05) is 42.2 Å². The summed E-state index contributed by atoms with van der Waals surface area (Å²) in [4.78, 5) is 17.9. The van der Waals surface area contributed by atoms with Gasteiger partial charge in [-0.1, -0.05) is 115 Å². The summed E-state index contributed by atoms with van der Waals surface area (Å²) in [6.07, 6.45) is 0. The Bertz CT molecular complexity index is 2650. The van der Waals surface area contributed by atoms with E-state index in [1.807, 2.05) is 18.2 Å². The molecule has 3 heterocycles. The molecule has 5 heteroatoms. The van der Waals surface area contributed by atoms with Crippen LogP contribution in [0.2, 0.25) is 0 Å². The highest BCUT2D eigenvalue weighted by Crippen LogP contribution is 2.51. The smallest absolute Gasteiger partial charge is 0.238 e. The molecule has 1 aliphatic rings. The largest absolute Gasteiger partial charge is 0.278 e. The third-order valence-electron chi connectivity index (χ3n) is 9.02. The minimum absolute atomic E-state index is 0.598. The van der Waals surface area contributed by atoms with Crippen LogP contribution in [0.4, 0.5) is 17.3 Å². The van der Waals surface area contributed by atoms with Crippen LogP contribution in [0.5, 0.6) is 0 Å². The summed E-state index contributed by atoms with van der Waals surface area (Å²) in [5, 5.41) is 7.23. The maximum absolute atomic E-state index is 5.32. The molecule has 46 heavy (non-hydrogen) atoms. The Morgan fingerprint density at radius 2 is 1.13 bits per heavy atom. The summed E-state index contributed by atoms with van der Waals surface area (Å²) in [6, 6.07) is 51.4. The predicted octanol–water partition coefficient (Wildman–Crippen LogP) is 11.3. The van der Waals surface area contributed by atoms with Gasteiger partial charge in [0.1, 0.15) is 0 Å². The third-order valence-corrected chi connectivity index (χ3v) is 10.2. The van der Waals surface area contributed by atoms with E-state index in [-0.39, 0.29) is 0 Å². The third kappa shape index (κ3) is 3.76. The average molecular weight is 605 g/mol. The molecule has 4 nitrogen and oxygen atoms in total. The van der Waals surface area contributed by atoms with Crippen molar-refractivity contribution in [3.63, 3.8) is 0 Å². The minimum Gasteiger partial charge on any atom is -0.278 e. The van der Waals surface area contributed by atoms with Gasteiger partial charge < -0.3 is 0 Å². The number of hydrogen-bond acceptors (Lipinski definition) is 5.